The van der Waals surface area contributed by atoms with Crippen LogP contribution in [0.5, 0.6) is 0 Å². The maximum absolute atomic E-state index is 12.3. The van der Waals surface area contributed by atoms with E-state index in [1.807, 2.05) is 25.7 Å². The van der Waals surface area contributed by atoms with Crippen molar-refractivity contribution in [2.45, 2.75) is 58.1 Å². The fourth-order valence-electron chi connectivity index (χ4n) is 4.20. The van der Waals surface area contributed by atoms with E-state index in [1.54, 1.807) is 0 Å². The lowest BCUT2D eigenvalue weighted by Crippen LogP contribution is -2.43. The second-order valence-electron chi connectivity index (χ2n) is 8.35. The number of carbonyl (C=O) groups excluding carboxylic acids is 1. The smallest absolute Gasteiger partial charge is 0.410 e. The Kier molecular flexibility index (Phi) is 4.38. The molecule has 5 heteroatoms. The van der Waals surface area contributed by atoms with E-state index in [0.717, 1.165) is 45.2 Å². The predicted molar refractivity (Wildman–Crippen MR) is 86.9 cm³/mol. The van der Waals surface area contributed by atoms with Gasteiger partial charge in [-0.25, -0.2) is 4.79 Å². The highest BCUT2D eigenvalue weighted by Gasteiger charge is 2.46. The summed E-state index contributed by atoms with van der Waals surface area (Å²) in [7, 11) is 0. The molecule has 22 heavy (non-hydrogen) atoms. The van der Waals surface area contributed by atoms with Crippen molar-refractivity contribution in [1.82, 2.24) is 15.1 Å². The molecule has 3 fully saturated rings. The van der Waals surface area contributed by atoms with Gasteiger partial charge in [0.2, 0.25) is 0 Å². The molecule has 0 aromatic rings. The molecule has 3 rings (SSSR count). The van der Waals surface area contributed by atoms with Crippen LogP contribution in [0.15, 0.2) is 0 Å². The molecular formula is C17H31N3O2. The highest BCUT2D eigenvalue weighted by atomic mass is 16.6. The molecule has 3 aliphatic heterocycles. The number of ether oxygens (including phenoxy) is 1. The van der Waals surface area contributed by atoms with Crippen LogP contribution in [0.4, 0.5) is 4.79 Å². The molecule has 1 atom stereocenters. The number of likely N-dealkylation sites (tertiary alicyclic amines) is 2. The molecule has 1 unspecified atom stereocenters. The van der Waals surface area contributed by atoms with E-state index in [0.29, 0.717) is 5.41 Å². The molecule has 0 aliphatic carbocycles. The molecule has 3 saturated heterocycles. The van der Waals surface area contributed by atoms with Crippen molar-refractivity contribution in [2.24, 2.45) is 5.41 Å². The Morgan fingerprint density at radius 3 is 2.50 bits per heavy atom. The molecule has 3 aliphatic rings. The first-order valence-electron chi connectivity index (χ1n) is 8.80. The summed E-state index contributed by atoms with van der Waals surface area (Å²) in [5, 5.41) is 3.45. The van der Waals surface area contributed by atoms with Crippen molar-refractivity contribution in [3.8, 4) is 0 Å². The average Bonchev–Trinajstić information content (AvgIpc) is 3.06. The van der Waals surface area contributed by atoms with E-state index in [-0.39, 0.29) is 6.09 Å². The van der Waals surface area contributed by atoms with Crippen LogP contribution in [0.1, 0.15) is 46.5 Å². The molecule has 3 heterocycles. The Hall–Kier alpha value is -0.810. The van der Waals surface area contributed by atoms with Gasteiger partial charge in [-0.2, -0.15) is 0 Å². The second-order valence-corrected chi connectivity index (χ2v) is 8.35. The van der Waals surface area contributed by atoms with E-state index in [1.165, 1.54) is 25.8 Å². The zero-order chi connectivity index (χ0) is 15.8. The van der Waals surface area contributed by atoms with Gasteiger partial charge >= 0.3 is 6.09 Å². The summed E-state index contributed by atoms with van der Waals surface area (Å²) < 4.78 is 5.53. The summed E-state index contributed by atoms with van der Waals surface area (Å²) in [5.41, 5.74) is -0.0780. The topological polar surface area (TPSA) is 44.8 Å². The van der Waals surface area contributed by atoms with Crippen molar-refractivity contribution in [2.75, 3.05) is 39.3 Å². The van der Waals surface area contributed by atoms with Crippen LogP contribution < -0.4 is 5.32 Å². The van der Waals surface area contributed by atoms with Gasteiger partial charge in [0.15, 0.2) is 0 Å². The minimum atomic E-state index is -0.399. The first-order chi connectivity index (χ1) is 10.4. The fraction of sp³-hybridized carbons (Fsp3) is 0.941. The summed E-state index contributed by atoms with van der Waals surface area (Å²) in [6.45, 7) is 12.2. The number of carbonyl (C=O) groups is 1. The van der Waals surface area contributed by atoms with E-state index in [2.05, 4.69) is 10.2 Å². The van der Waals surface area contributed by atoms with Crippen molar-refractivity contribution < 1.29 is 9.53 Å². The number of nitrogens with one attached hydrogen (secondary N) is 1. The number of piperidine rings is 1. The summed E-state index contributed by atoms with van der Waals surface area (Å²) in [4.78, 5) is 16.9. The fourth-order valence-corrected chi connectivity index (χ4v) is 4.20. The summed E-state index contributed by atoms with van der Waals surface area (Å²) >= 11 is 0. The van der Waals surface area contributed by atoms with E-state index >= 15 is 0 Å². The lowest BCUT2D eigenvalue weighted by molar-refractivity contribution is 0.0273. The van der Waals surface area contributed by atoms with Crippen LogP contribution in [0.3, 0.4) is 0 Å². The third-order valence-corrected chi connectivity index (χ3v) is 5.38. The SMILES string of the molecule is CC(C)(C)OC(=O)N1CCC2(CCN(C3CCNCC3)C2)C1. The number of hydrogen-bond donors (Lipinski definition) is 1. The van der Waals surface area contributed by atoms with E-state index in [4.69, 9.17) is 4.74 Å². The Bertz CT molecular complexity index is 415. The molecular weight excluding hydrogens is 278 g/mol. The minimum absolute atomic E-state index is 0.135. The van der Waals surface area contributed by atoms with Gasteiger partial charge in [0.1, 0.15) is 5.60 Å². The summed E-state index contributed by atoms with van der Waals surface area (Å²) in [5.74, 6) is 0. The quantitative estimate of drug-likeness (QED) is 0.805. The molecule has 0 aromatic carbocycles. The monoisotopic (exact) mass is 309 g/mol. The Labute approximate surface area is 134 Å². The lowest BCUT2D eigenvalue weighted by Gasteiger charge is -2.33. The van der Waals surface area contributed by atoms with Gasteiger partial charge < -0.3 is 15.0 Å². The molecule has 0 radical (unpaired) electrons. The maximum atomic E-state index is 12.3. The molecule has 0 saturated carbocycles. The molecule has 5 nitrogen and oxygen atoms in total. The van der Waals surface area contributed by atoms with E-state index in [9.17, 15) is 4.79 Å². The third-order valence-electron chi connectivity index (χ3n) is 5.38. The lowest BCUT2D eigenvalue weighted by atomic mass is 9.86. The van der Waals surface area contributed by atoms with Crippen LogP contribution in [0.2, 0.25) is 0 Å². The highest BCUT2D eigenvalue weighted by molar-refractivity contribution is 5.68. The summed E-state index contributed by atoms with van der Waals surface area (Å²) in [6.07, 6.45) is 4.77. The van der Waals surface area contributed by atoms with Crippen LogP contribution in [-0.4, -0.2) is 66.8 Å². The number of rotatable bonds is 1. The van der Waals surface area contributed by atoms with Crippen LogP contribution >= 0.6 is 0 Å². The number of amides is 1. The molecule has 1 spiro atoms. The van der Waals surface area contributed by atoms with Crippen LogP contribution in [0, 0.1) is 5.41 Å². The Morgan fingerprint density at radius 1 is 1.14 bits per heavy atom. The zero-order valence-electron chi connectivity index (χ0n) is 14.4. The first kappa shape index (κ1) is 16.1. The van der Waals surface area contributed by atoms with Crippen molar-refractivity contribution in [3.05, 3.63) is 0 Å². The normalized spacial score (nSPS) is 31.1. The van der Waals surface area contributed by atoms with Gasteiger partial charge in [0.25, 0.3) is 0 Å². The number of nitrogens with zero attached hydrogens (tertiary/aromatic N) is 2. The van der Waals surface area contributed by atoms with Gasteiger partial charge in [-0.05, 0) is 66.1 Å². The van der Waals surface area contributed by atoms with Crippen molar-refractivity contribution in [1.29, 1.82) is 0 Å². The van der Waals surface area contributed by atoms with Gasteiger partial charge in [0, 0.05) is 31.1 Å². The van der Waals surface area contributed by atoms with Crippen molar-refractivity contribution >= 4 is 6.09 Å². The predicted octanol–water partition coefficient (Wildman–Crippen LogP) is 2.07. The standard InChI is InChI=1S/C17H31N3O2/c1-16(2,3)22-15(21)20-11-7-17(13-20)6-10-19(12-17)14-4-8-18-9-5-14/h14,18H,4-13H2,1-3H3. The van der Waals surface area contributed by atoms with Crippen molar-refractivity contribution in [3.63, 3.8) is 0 Å². The highest BCUT2D eigenvalue weighted by Crippen LogP contribution is 2.41. The Morgan fingerprint density at radius 2 is 1.82 bits per heavy atom. The van der Waals surface area contributed by atoms with Gasteiger partial charge in [0.05, 0.1) is 0 Å². The molecule has 0 aromatic heterocycles. The average molecular weight is 309 g/mol. The molecule has 0 bridgehead atoms. The maximum Gasteiger partial charge on any atom is 0.410 e. The largest absolute Gasteiger partial charge is 0.444 e. The third kappa shape index (κ3) is 3.57. The Balaban J connectivity index is 1.54. The van der Waals surface area contributed by atoms with Gasteiger partial charge in [-0.15, -0.1) is 0 Å². The van der Waals surface area contributed by atoms with Crippen LogP contribution in [0.25, 0.3) is 0 Å². The van der Waals surface area contributed by atoms with Crippen LogP contribution in [-0.2, 0) is 4.74 Å². The minimum Gasteiger partial charge on any atom is -0.444 e. The van der Waals surface area contributed by atoms with E-state index < -0.39 is 5.60 Å². The molecule has 1 amide bonds. The zero-order valence-corrected chi connectivity index (χ0v) is 14.4. The van der Waals surface area contributed by atoms with Gasteiger partial charge in [-0.1, -0.05) is 0 Å². The number of hydrogen-bond acceptors (Lipinski definition) is 4. The molecule has 126 valence electrons. The second kappa shape index (κ2) is 6.00. The molecule has 1 N–H and O–H groups in total. The van der Waals surface area contributed by atoms with Gasteiger partial charge in [-0.3, -0.25) is 4.90 Å². The first-order valence-corrected chi connectivity index (χ1v) is 8.80. The summed E-state index contributed by atoms with van der Waals surface area (Å²) in [6, 6.07) is 0.746.